The minimum absolute atomic E-state index is 0.547. The molecule has 0 aliphatic carbocycles. The number of furan rings is 1. The van der Waals surface area contributed by atoms with Gasteiger partial charge >= 0.3 is 0 Å². The van der Waals surface area contributed by atoms with Crippen LogP contribution in [0.15, 0.2) is 199 Å². The molecule has 13 aromatic rings. The molecule has 0 saturated carbocycles. The Morgan fingerprint density at radius 1 is 0.350 bits per heavy atom. The molecular weight excluding hydrogens is 733 g/mol. The van der Waals surface area contributed by atoms with Crippen LogP contribution in [0.5, 0.6) is 0 Å². The Kier molecular flexibility index (Phi) is 6.95. The van der Waals surface area contributed by atoms with Crippen molar-refractivity contribution in [3.63, 3.8) is 0 Å². The predicted octanol–water partition coefficient (Wildman–Crippen LogP) is 14.5. The molecule has 0 N–H and O–H groups in total. The second-order valence-electron chi connectivity index (χ2n) is 15.6. The number of para-hydroxylation sites is 1. The lowest BCUT2D eigenvalue weighted by molar-refractivity contribution is 0.669. The van der Waals surface area contributed by atoms with Gasteiger partial charge < -0.3 is 8.98 Å². The maximum absolute atomic E-state index is 6.95. The minimum atomic E-state index is 0.547. The molecule has 60 heavy (non-hydrogen) atoms. The van der Waals surface area contributed by atoms with Gasteiger partial charge in [-0.1, -0.05) is 152 Å². The molecule has 0 atom stereocenters. The van der Waals surface area contributed by atoms with Crippen LogP contribution < -0.4 is 0 Å². The van der Waals surface area contributed by atoms with Crippen molar-refractivity contribution in [2.75, 3.05) is 0 Å². The van der Waals surface area contributed by atoms with Crippen LogP contribution in [0, 0.1) is 0 Å². The van der Waals surface area contributed by atoms with E-state index >= 15 is 0 Å². The van der Waals surface area contributed by atoms with Crippen LogP contribution in [0.1, 0.15) is 0 Å². The number of hydrogen-bond acceptors (Lipinski definition) is 4. The van der Waals surface area contributed by atoms with E-state index in [4.69, 9.17) is 19.4 Å². The van der Waals surface area contributed by atoms with Gasteiger partial charge in [-0.05, 0) is 85.6 Å². The first-order chi connectivity index (χ1) is 29.7. The van der Waals surface area contributed by atoms with Gasteiger partial charge in [0, 0.05) is 27.3 Å². The zero-order chi connectivity index (χ0) is 39.3. The number of fused-ring (bicyclic) bond motifs is 11. The Balaban J connectivity index is 1.12. The molecule has 0 aliphatic heterocycles. The van der Waals surface area contributed by atoms with Gasteiger partial charge in [0.2, 0.25) is 0 Å². The SMILES string of the molecule is c1ccc2cc(-c3nc(-c4cccc5ccccc45)nc(-c4ccc(-n5c6cc7ccccc7cc6c6c7ccccc7ccc65)c5c4oc4ccccc45)n3)ccc2c1. The first-order valence-corrected chi connectivity index (χ1v) is 20.3. The summed E-state index contributed by atoms with van der Waals surface area (Å²) in [6.45, 7) is 0. The average molecular weight is 765 g/mol. The minimum Gasteiger partial charge on any atom is -0.455 e. The summed E-state index contributed by atoms with van der Waals surface area (Å²) < 4.78 is 9.37. The van der Waals surface area contributed by atoms with Gasteiger partial charge in [-0.25, -0.2) is 15.0 Å². The van der Waals surface area contributed by atoms with Crippen molar-refractivity contribution < 1.29 is 4.42 Å². The Morgan fingerprint density at radius 3 is 1.77 bits per heavy atom. The van der Waals surface area contributed by atoms with Crippen LogP contribution in [-0.2, 0) is 0 Å². The zero-order valence-electron chi connectivity index (χ0n) is 32.2. The summed E-state index contributed by atoms with van der Waals surface area (Å²) in [5, 5.41) is 13.8. The zero-order valence-corrected chi connectivity index (χ0v) is 32.2. The normalized spacial score (nSPS) is 12.0. The van der Waals surface area contributed by atoms with Crippen molar-refractivity contribution in [2.45, 2.75) is 0 Å². The number of nitrogens with zero attached hydrogens (tertiary/aromatic N) is 4. The predicted molar refractivity (Wildman–Crippen MR) is 248 cm³/mol. The number of benzene rings is 10. The summed E-state index contributed by atoms with van der Waals surface area (Å²) >= 11 is 0. The molecule has 0 spiro atoms. The highest BCUT2D eigenvalue weighted by Gasteiger charge is 2.24. The van der Waals surface area contributed by atoms with E-state index in [0.29, 0.717) is 17.5 Å². The maximum Gasteiger partial charge on any atom is 0.167 e. The van der Waals surface area contributed by atoms with Gasteiger partial charge in [0.05, 0.1) is 27.7 Å². The molecule has 278 valence electrons. The van der Waals surface area contributed by atoms with Gasteiger partial charge in [-0.3, -0.25) is 0 Å². The van der Waals surface area contributed by atoms with Crippen molar-refractivity contribution in [1.29, 1.82) is 0 Å². The topological polar surface area (TPSA) is 56.7 Å². The summed E-state index contributed by atoms with van der Waals surface area (Å²) in [4.78, 5) is 15.8. The summed E-state index contributed by atoms with van der Waals surface area (Å²) in [5.41, 5.74) is 7.49. The summed E-state index contributed by atoms with van der Waals surface area (Å²) in [5.74, 6) is 1.75. The molecule has 10 aromatic carbocycles. The van der Waals surface area contributed by atoms with Crippen molar-refractivity contribution in [2.24, 2.45) is 0 Å². The highest BCUT2D eigenvalue weighted by atomic mass is 16.3. The van der Waals surface area contributed by atoms with Gasteiger partial charge in [0.25, 0.3) is 0 Å². The molecule has 5 nitrogen and oxygen atoms in total. The average Bonchev–Trinajstić information content (AvgIpc) is 3.86. The Labute approximate surface area is 343 Å². The standard InChI is InChI=1S/C55H32N4O/c1-2-15-36-30-39(25-24-33(36)12-1)53-56-54(42-22-11-18-34-13-5-7-19-40(34)42)58-55(57-53)44-27-29-47(51-43-21-9-10-23-49(43)60-52(44)51)59-46-28-26-35-14-6-8-20-41(35)50(46)45-31-37-16-3-4-17-38(37)32-48(45)59/h1-32H. The highest BCUT2D eigenvalue weighted by molar-refractivity contribution is 6.24. The van der Waals surface area contributed by atoms with Crippen molar-refractivity contribution in [3.8, 4) is 39.9 Å². The van der Waals surface area contributed by atoms with E-state index in [-0.39, 0.29) is 0 Å². The van der Waals surface area contributed by atoms with Crippen LogP contribution in [0.4, 0.5) is 0 Å². The van der Waals surface area contributed by atoms with Crippen LogP contribution in [0.3, 0.4) is 0 Å². The lowest BCUT2D eigenvalue weighted by Gasteiger charge is -2.14. The van der Waals surface area contributed by atoms with Crippen LogP contribution in [-0.4, -0.2) is 19.5 Å². The first-order valence-electron chi connectivity index (χ1n) is 20.3. The fraction of sp³-hybridized carbons (Fsp3) is 0. The summed E-state index contributed by atoms with van der Waals surface area (Å²) in [6.07, 6.45) is 0. The molecule has 0 amide bonds. The van der Waals surface area contributed by atoms with Gasteiger partial charge in [-0.2, -0.15) is 0 Å². The third kappa shape index (κ3) is 4.90. The molecule has 13 rings (SSSR count). The smallest absolute Gasteiger partial charge is 0.167 e. The van der Waals surface area contributed by atoms with Crippen LogP contribution >= 0.6 is 0 Å². The largest absolute Gasteiger partial charge is 0.455 e. The lowest BCUT2D eigenvalue weighted by Crippen LogP contribution is -2.01. The monoisotopic (exact) mass is 764 g/mol. The molecule has 0 unspecified atom stereocenters. The molecule has 0 fully saturated rings. The second-order valence-corrected chi connectivity index (χ2v) is 15.6. The third-order valence-electron chi connectivity index (χ3n) is 12.2. The molecule has 5 heteroatoms. The third-order valence-corrected chi connectivity index (χ3v) is 12.2. The Morgan fingerprint density at radius 2 is 0.950 bits per heavy atom. The molecule has 0 bridgehead atoms. The van der Waals surface area contributed by atoms with Crippen LogP contribution in [0.2, 0.25) is 0 Å². The Hall–Kier alpha value is -8.15. The highest BCUT2D eigenvalue weighted by Crippen LogP contribution is 2.44. The second kappa shape index (κ2) is 12.7. The molecule has 0 radical (unpaired) electrons. The van der Waals surface area contributed by atoms with Crippen molar-refractivity contribution in [3.05, 3.63) is 194 Å². The van der Waals surface area contributed by atoms with E-state index < -0.39 is 0 Å². The molecule has 3 heterocycles. The van der Waals surface area contributed by atoms with Crippen molar-refractivity contribution in [1.82, 2.24) is 19.5 Å². The van der Waals surface area contributed by atoms with E-state index in [1.807, 2.05) is 12.1 Å². The molecule has 0 saturated heterocycles. The van der Waals surface area contributed by atoms with Gasteiger partial charge in [-0.15, -0.1) is 0 Å². The number of aromatic nitrogens is 4. The Bertz CT molecular complexity index is 3910. The number of rotatable bonds is 4. The molecule has 3 aromatic heterocycles. The van der Waals surface area contributed by atoms with Gasteiger partial charge in [0.1, 0.15) is 11.2 Å². The molecule has 0 aliphatic rings. The van der Waals surface area contributed by atoms with E-state index in [0.717, 1.165) is 76.9 Å². The molecular formula is C55H32N4O. The number of hydrogen-bond donors (Lipinski definition) is 0. The van der Waals surface area contributed by atoms with E-state index in [1.54, 1.807) is 0 Å². The van der Waals surface area contributed by atoms with Crippen LogP contribution in [0.25, 0.3) is 127 Å². The summed E-state index contributed by atoms with van der Waals surface area (Å²) in [7, 11) is 0. The summed E-state index contributed by atoms with van der Waals surface area (Å²) in [6, 6.07) is 68.6. The van der Waals surface area contributed by atoms with E-state index in [1.165, 1.54) is 32.3 Å². The van der Waals surface area contributed by atoms with Gasteiger partial charge in [0.15, 0.2) is 17.5 Å². The fourth-order valence-corrected chi connectivity index (χ4v) is 9.40. The lowest BCUT2D eigenvalue weighted by atomic mass is 10.0. The first kappa shape index (κ1) is 32.9. The van der Waals surface area contributed by atoms with E-state index in [2.05, 4.69) is 187 Å². The fourth-order valence-electron chi connectivity index (χ4n) is 9.40. The maximum atomic E-state index is 6.95. The van der Waals surface area contributed by atoms with E-state index in [9.17, 15) is 0 Å². The quantitative estimate of drug-likeness (QED) is 0.179. The van der Waals surface area contributed by atoms with Crippen molar-refractivity contribution >= 4 is 86.8 Å².